The second kappa shape index (κ2) is 22.6. The van der Waals surface area contributed by atoms with Crippen molar-refractivity contribution in [3.63, 3.8) is 0 Å². The van der Waals surface area contributed by atoms with E-state index in [9.17, 15) is 14.4 Å². The summed E-state index contributed by atoms with van der Waals surface area (Å²) in [5.41, 5.74) is 4.56. The van der Waals surface area contributed by atoms with Gasteiger partial charge in [-0.25, -0.2) is 14.4 Å². The number of carbonyl (C=O) groups is 3. The highest BCUT2D eigenvalue weighted by molar-refractivity contribution is 5.89. The number of carboxylic acids is 2. The van der Waals surface area contributed by atoms with Crippen LogP contribution in [-0.2, 0) is 9.47 Å². The summed E-state index contributed by atoms with van der Waals surface area (Å²) >= 11 is 0. The number of rotatable bonds is 5. The van der Waals surface area contributed by atoms with Crippen LogP contribution in [0.3, 0.4) is 0 Å². The van der Waals surface area contributed by atoms with E-state index >= 15 is 0 Å². The van der Waals surface area contributed by atoms with Crippen LogP contribution >= 0.6 is 0 Å². The molecule has 2 atom stereocenters. The first-order chi connectivity index (χ1) is 21.0. The van der Waals surface area contributed by atoms with Gasteiger partial charge in [0.2, 0.25) is 0 Å². The number of aryl methyl sites for hydroxylation is 3. The summed E-state index contributed by atoms with van der Waals surface area (Å²) in [7, 11) is 0. The van der Waals surface area contributed by atoms with Gasteiger partial charge in [0.1, 0.15) is 18.9 Å². The molecule has 1 aliphatic heterocycles. The van der Waals surface area contributed by atoms with Gasteiger partial charge >= 0.3 is 17.9 Å². The smallest absolute Gasteiger partial charge is 0.338 e. The molecule has 1 heterocycles. The molecule has 3 N–H and O–H groups in total. The number of hydrogen-bond donors (Lipinski definition) is 3. The third kappa shape index (κ3) is 17.1. The quantitative estimate of drug-likeness (QED) is 0.120. The molecule has 0 aliphatic carbocycles. The molecule has 236 valence electrons. The van der Waals surface area contributed by atoms with Crippen LogP contribution in [0, 0.1) is 38.0 Å². The highest BCUT2D eigenvalue weighted by atomic mass is 16.6. The van der Waals surface area contributed by atoms with Crippen molar-refractivity contribution >= 4 is 24.1 Å². The maximum absolute atomic E-state index is 11.7. The third-order valence-corrected chi connectivity index (χ3v) is 5.68. The van der Waals surface area contributed by atoms with Crippen LogP contribution in [0.1, 0.15) is 75.0 Å². The van der Waals surface area contributed by atoms with Crippen molar-refractivity contribution in [2.45, 2.75) is 54.1 Å². The average molecular weight is 607 g/mol. The Morgan fingerprint density at radius 3 is 1.50 bits per heavy atom. The van der Waals surface area contributed by atoms with E-state index in [0.29, 0.717) is 29.2 Å². The number of aromatic carboxylic acids is 2. The lowest BCUT2D eigenvalue weighted by Crippen LogP contribution is -2.18. The second-order valence-electron chi connectivity index (χ2n) is 9.48. The number of oxime groups is 1. The average Bonchev–Trinajstić information content (AvgIpc) is 3.44. The predicted molar refractivity (Wildman–Crippen MR) is 168 cm³/mol. The van der Waals surface area contributed by atoms with Gasteiger partial charge in [-0.05, 0) is 69.5 Å². The van der Waals surface area contributed by atoms with Crippen molar-refractivity contribution < 1.29 is 39.3 Å². The fourth-order valence-electron chi connectivity index (χ4n) is 3.36. The SMILES string of the molecule is CC.Cc1ccc(C(=O)O)cc1.Cc1ccc(C(=O)O)cc1.Cc1ccc(C(=O)OC[C@@H]2C[C@H](C)CO2)cc1.N#C/C=N\O. The molecule has 44 heavy (non-hydrogen) atoms. The lowest BCUT2D eigenvalue weighted by Gasteiger charge is -2.10. The third-order valence-electron chi connectivity index (χ3n) is 5.68. The van der Waals surface area contributed by atoms with E-state index in [1.807, 2.05) is 46.8 Å². The number of nitriles is 1. The number of esters is 1. The molecule has 1 saturated heterocycles. The van der Waals surface area contributed by atoms with Gasteiger partial charge in [0.15, 0.2) is 0 Å². The Balaban J connectivity index is 0.000000594. The lowest BCUT2D eigenvalue weighted by atomic mass is 10.1. The molecule has 1 fully saturated rings. The zero-order valence-electron chi connectivity index (χ0n) is 26.1. The Hall–Kier alpha value is -5.01. The normalized spacial score (nSPS) is 14.4. The van der Waals surface area contributed by atoms with Crippen molar-refractivity contribution in [2.24, 2.45) is 11.1 Å². The zero-order chi connectivity index (χ0) is 33.5. The van der Waals surface area contributed by atoms with E-state index in [-0.39, 0.29) is 12.1 Å². The van der Waals surface area contributed by atoms with Crippen molar-refractivity contribution in [2.75, 3.05) is 13.2 Å². The number of carboxylic acid groups (broad SMARTS) is 2. The molecular weight excluding hydrogens is 564 g/mol. The highest BCUT2D eigenvalue weighted by Crippen LogP contribution is 2.19. The van der Waals surface area contributed by atoms with Crippen molar-refractivity contribution in [3.8, 4) is 6.07 Å². The van der Waals surface area contributed by atoms with Gasteiger partial charge in [-0.3, -0.25) is 0 Å². The Bertz CT molecular complexity index is 1270. The van der Waals surface area contributed by atoms with Gasteiger partial charge in [0.25, 0.3) is 0 Å². The molecular formula is C34H42N2O8. The first-order valence-electron chi connectivity index (χ1n) is 14.0. The summed E-state index contributed by atoms with van der Waals surface area (Å²) in [6.07, 6.45) is 1.78. The van der Waals surface area contributed by atoms with E-state index in [0.717, 1.165) is 35.9 Å². The molecule has 0 unspecified atom stereocenters. The van der Waals surface area contributed by atoms with Crippen LogP contribution in [0.2, 0.25) is 0 Å². The summed E-state index contributed by atoms with van der Waals surface area (Å²) in [5.74, 6) is -1.45. The molecule has 0 saturated carbocycles. The maximum Gasteiger partial charge on any atom is 0.338 e. The molecule has 0 radical (unpaired) electrons. The number of carbonyl (C=O) groups excluding carboxylic acids is 1. The van der Waals surface area contributed by atoms with Gasteiger partial charge in [-0.2, -0.15) is 5.26 Å². The number of nitrogens with zero attached hydrogens (tertiary/aromatic N) is 2. The van der Waals surface area contributed by atoms with Crippen LogP contribution in [-0.4, -0.2) is 58.9 Å². The summed E-state index contributed by atoms with van der Waals surface area (Å²) in [4.78, 5) is 32.3. The van der Waals surface area contributed by atoms with E-state index in [1.54, 1.807) is 60.7 Å². The van der Waals surface area contributed by atoms with Gasteiger partial charge in [0.05, 0.1) is 22.8 Å². The standard InChI is InChI=1S/C14H18O3.2C8H8O2.C2H2N2O.C2H6/c1-10-3-5-12(6-4-10)14(15)17-9-13-7-11(2)8-16-13;2*1-6-2-4-7(5-3-6)8(9)10;3-1-2-4-5;1-2/h3-6,11,13H,7-9H2,1-2H3;2*2-5H,1H3,(H,9,10);2,5H;1-2H3/b;;;4-2-;/t11-,13-;;;;/m0..../s1. The van der Waals surface area contributed by atoms with Crippen LogP contribution in [0.5, 0.6) is 0 Å². The second-order valence-corrected chi connectivity index (χ2v) is 9.48. The highest BCUT2D eigenvalue weighted by Gasteiger charge is 2.23. The molecule has 0 amide bonds. The van der Waals surface area contributed by atoms with Gasteiger partial charge in [-0.15, -0.1) is 0 Å². The summed E-state index contributed by atoms with van der Waals surface area (Å²) < 4.78 is 10.7. The van der Waals surface area contributed by atoms with Crippen LogP contribution < -0.4 is 0 Å². The Morgan fingerprint density at radius 2 is 1.23 bits per heavy atom. The monoisotopic (exact) mass is 606 g/mol. The summed E-state index contributed by atoms with van der Waals surface area (Å²) in [5, 5.41) is 34.2. The minimum Gasteiger partial charge on any atom is -0.478 e. The molecule has 0 spiro atoms. The predicted octanol–water partition coefficient (Wildman–Crippen LogP) is 6.96. The van der Waals surface area contributed by atoms with E-state index in [2.05, 4.69) is 12.1 Å². The number of benzene rings is 3. The van der Waals surface area contributed by atoms with E-state index in [4.69, 9.17) is 30.2 Å². The van der Waals surface area contributed by atoms with Crippen molar-refractivity contribution in [1.82, 2.24) is 0 Å². The van der Waals surface area contributed by atoms with E-state index in [1.165, 1.54) is 6.07 Å². The first kappa shape index (κ1) is 39.0. The topological polar surface area (TPSA) is 167 Å². The zero-order valence-corrected chi connectivity index (χ0v) is 26.1. The fraction of sp³-hybridized carbons (Fsp3) is 0.324. The van der Waals surface area contributed by atoms with Crippen LogP contribution in [0.4, 0.5) is 0 Å². The van der Waals surface area contributed by atoms with Gasteiger partial charge < -0.3 is 24.9 Å². The Labute approximate surface area is 259 Å². The minimum absolute atomic E-state index is 0.0689. The number of hydrogen-bond acceptors (Lipinski definition) is 8. The largest absolute Gasteiger partial charge is 0.478 e. The Kier molecular flexibility index (Phi) is 20.0. The Morgan fingerprint density at radius 1 is 0.841 bits per heavy atom. The lowest BCUT2D eigenvalue weighted by molar-refractivity contribution is 0.0158. The summed E-state index contributed by atoms with van der Waals surface area (Å²) in [6.45, 7) is 13.1. The first-order valence-corrected chi connectivity index (χ1v) is 14.0. The fourth-order valence-corrected chi connectivity index (χ4v) is 3.36. The summed E-state index contributed by atoms with van der Waals surface area (Å²) in [6, 6.07) is 22.4. The number of ether oxygens (including phenoxy) is 2. The molecule has 10 heteroatoms. The van der Waals surface area contributed by atoms with E-state index < -0.39 is 11.9 Å². The van der Waals surface area contributed by atoms with Crippen molar-refractivity contribution in [3.05, 3.63) is 106 Å². The maximum atomic E-state index is 11.7. The molecule has 3 aromatic rings. The molecule has 10 nitrogen and oxygen atoms in total. The molecule has 0 aromatic heterocycles. The van der Waals surface area contributed by atoms with Crippen LogP contribution in [0.25, 0.3) is 0 Å². The van der Waals surface area contributed by atoms with Crippen molar-refractivity contribution in [1.29, 1.82) is 5.26 Å². The molecule has 1 aliphatic rings. The molecule has 0 bridgehead atoms. The van der Waals surface area contributed by atoms with Gasteiger partial charge in [-0.1, -0.05) is 79.0 Å². The molecule has 3 aromatic carbocycles. The minimum atomic E-state index is -0.875. The van der Waals surface area contributed by atoms with Gasteiger partial charge in [0, 0.05) is 6.61 Å². The molecule has 4 rings (SSSR count). The van der Waals surface area contributed by atoms with Crippen LogP contribution in [0.15, 0.2) is 78.0 Å².